The van der Waals surface area contributed by atoms with Crippen LogP contribution in [0.2, 0.25) is 0 Å². The molecule has 0 aliphatic rings. The number of carbonyl (C=O) groups excluding carboxylic acids is 1. The monoisotopic (exact) mass is 305 g/mol. The molecule has 0 atom stereocenters. The molecular formula is C14H11NO5S. The van der Waals surface area contributed by atoms with Gasteiger partial charge in [0.2, 0.25) is 0 Å². The lowest BCUT2D eigenvalue weighted by Gasteiger charge is -2.11. The van der Waals surface area contributed by atoms with Crippen LogP contribution in [0.4, 0.5) is 0 Å². The summed E-state index contributed by atoms with van der Waals surface area (Å²) >= 11 is 0. The van der Waals surface area contributed by atoms with Gasteiger partial charge >= 0.3 is 0 Å². The molecule has 0 heterocycles. The van der Waals surface area contributed by atoms with Gasteiger partial charge in [-0.15, -0.1) is 0 Å². The summed E-state index contributed by atoms with van der Waals surface area (Å²) in [6.07, 6.45) is 1.03. The fourth-order valence-electron chi connectivity index (χ4n) is 1.67. The van der Waals surface area contributed by atoms with Crippen molar-refractivity contribution in [3.05, 3.63) is 48.5 Å². The molecule has 2 rings (SSSR count). The number of hydrogen-bond acceptors (Lipinski definition) is 5. The van der Waals surface area contributed by atoms with Gasteiger partial charge in [-0.3, -0.25) is 0 Å². The van der Waals surface area contributed by atoms with Crippen molar-refractivity contribution in [3.8, 4) is 17.2 Å². The minimum atomic E-state index is -4.15. The SMILES string of the molecule is COc1ccccc1Oc1ccccc1S(=O)(=O)N=C=O. The van der Waals surface area contributed by atoms with E-state index in [0.717, 1.165) is 6.08 Å². The minimum Gasteiger partial charge on any atom is -0.493 e. The van der Waals surface area contributed by atoms with Crippen LogP contribution < -0.4 is 9.47 Å². The van der Waals surface area contributed by atoms with Crippen LogP contribution in [0.5, 0.6) is 17.2 Å². The number of nitrogens with zero attached hydrogens (tertiary/aromatic N) is 1. The average Bonchev–Trinajstić information content (AvgIpc) is 2.48. The molecule has 0 spiro atoms. The summed E-state index contributed by atoms with van der Waals surface area (Å²) in [5, 5.41) is 0. The van der Waals surface area contributed by atoms with Crippen molar-refractivity contribution in [2.45, 2.75) is 4.90 Å². The third kappa shape index (κ3) is 3.28. The third-order valence-corrected chi connectivity index (χ3v) is 3.78. The molecular weight excluding hydrogens is 294 g/mol. The molecule has 21 heavy (non-hydrogen) atoms. The van der Waals surface area contributed by atoms with Gasteiger partial charge in [-0.2, -0.15) is 8.42 Å². The predicted octanol–water partition coefficient (Wildman–Crippen LogP) is 2.51. The molecule has 0 radical (unpaired) electrons. The normalized spacial score (nSPS) is 10.5. The second-order valence-electron chi connectivity index (χ2n) is 3.86. The summed E-state index contributed by atoms with van der Waals surface area (Å²) in [6, 6.07) is 12.6. The lowest BCUT2D eigenvalue weighted by molar-refractivity contribution is 0.375. The molecule has 0 unspecified atom stereocenters. The lowest BCUT2D eigenvalue weighted by Crippen LogP contribution is -2.00. The van der Waals surface area contributed by atoms with Crippen LogP contribution in [0.3, 0.4) is 0 Å². The van der Waals surface area contributed by atoms with E-state index in [4.69, 9.17) is 9.47 Å². The minimum absolute atomic E-state index is 0.0426. The van der Waals surface area contributed by atoms with Gasteiger partial charge < -0.3 is 9.47 Å². The highest BCUT2D eigenvalue weighted by Gasteiger charge is 2.19. The van der Waals surface area contributed by atoms with E-state index in [9.17, 15) is 13.2 Å². The second kappa shape index (κ2) is 6.21. The van der Waals surface area contributed by atoms with Crippen LogP contribution >= 0.6 is 0 Å². The van der Waals surface area contributed by atoms with Crippen molar-refractivity contribution >= 4 is 16.1 Å². The highest BCUT2D eigenvalue weighted by Crippen LogP contribution is 2.34. The molecule has 0 saturated carbocycles. The van der Waals surface area contributed by atoms with Crippen molar-refractivity contribution in [1.29, 1.82) is 0 Å². The summed E-state index contributed by atoms with van der Waals surface area (Å²) < 4.78 is 37.2. The number of hydrogen-bond donors (Lipinski definition) is 0. The number of sulfonamides is 1. The Morgan fingerprint density at radius 3 is 2.14 bits per heavy atom. The van der Waals surface area contributed by atoms with E-state index in [1.807, 2.05) is 0 Å². The summed E-state index contributed by atoms with van der Waals surface area (Å²) in [5.74, 6) is 0.835. The molecule has 6 nitrogen and oxygen atoms in total. The fourth-order valence-corrected chi connectivity index (χ4v) is 2.48. The number of rotatable bonds is 5. The molecule has 108 valence electrons. The first kappa shape index (κ1) is 14.8. The molecule has 0 saturated heterocycles. The van der Waals surface area contributed by atoms with Gasteiger partial charge in [-0.1, -0.05) is 28.7 Å². The molecule has 0 aliphatic heterocycles. The topological polar surface area (TPSA) is 82.0 Å². The van der Waals surface area contributed by atoms with Gasteiger partial charge in [0, 0.05) is 0 Å². The molecule has 0 aliphatic carbocycles. The number of para-hydroxylation sites is 3. The van der Waals surface area contributed by atoms with Crippen molar-refractivity contribution in [2.75, 3.05) is 7.11 Å². The average molecular weight is 305 g/mol. The Morgan fingerprint density at radius 2 is 1.52 bits per heavy atom. The van der Waals surface area contributed by atoms with Gasteiger partial charge in [-0.25, -0.2) is 4.79 Å². The zero-order chi connectivity index (χ0) is 15.3. The van der Waals surface area contributed by atoms with Crippen molar-refractivity contribution < 1.29 is 22.7 Å². The quantitative estimate of drug-likeness (QED) is 0.626. The van der Waals surface area contributed by atoms with Crippen molar-refractivity contribution in [1.82, 2.24) is 0 Å². The smallest absolute Gasteiger partial charge is 0.296 e. The van der Waals surface area contributed by atoms with Gasteiger partial charge in [0.25, 0.3) is 16.1 Å². The van der Waals surface area contributed by atoms with E-state index in [0.29, 0.717) is 11.5 Å². The fraction of sp³-hybridized carbons (Fsp3) is 0.0714. The van der Waals surface area contributed by atoms with Crippen molar-refractivity contribution in [3.63, 3.8) is 0 Å². The molecule has 0 fully saturated rings. The zero-order valence-corrected chi connectivity index (χ0v) is 11.8. The van der Waals surface area contributed by atoms with E-state index in [1.54, 1.807) is 30.3 Å². The molecule has 0 N–H and O–H groups in total. The number of methoxy groups -OCH3 is 1. The maximum Gasteiger partial charge on any atom is 0.296 e. The predicted molar refractivity (Wildman–Crippen MR) is 74.8 cm³/mol. The highest BCUT2D eigenvalue weighted by atomic mass is 32.2. The van der Waals surface area contributed by atoms with Crippen LogP contribution in [0.15, 0.2) is 57.8 Å². The molecule has 2 aromatic carbocycles. The zero-order valence-electron chi connectivity index (χ0n) is 11.0. The Labute approximate surface area is 121 Å². The summed E-state index contributed by atoms with van der Waals surface area (Å²) in [4.78, 5) is 10.0. The van der Waals surface area contributed by atoms with Crippen LogP contribution in [0.1, 0.15) is 0 Å². The van der Waals surface area contributed by atoms with E-state index in [2.05, 4.69) is 4.40 Å². The first-order chi connectivity index (χ1) is 10.1. The molecule has 0 aromatic heterocycles. The molecule has 0 amide bonds. The Morgan fingerprint density at radius 1 is 0.952 bits per heavy atom. The summed E-state index contributed by atoms with van der Waals surface area (Å²) in [7, 11) is -2.67. The number of isocyanates is 1. The van der Waals surface area contributed by atoms with Crippen LogP contribution in [-0.2, 0) is 14.8 Å². The maximum absolute atomic E-state index is 11.9. The summed E-state index contributed by atoms with van der Waals surface area (Å²) in [6.45, 7) is 0. The number of benzene rings is 2. The van der Waals surface area contributed by atoms with Crippen LogP contribution in [0.25, 0.3) is 0 Å². The molecule has 7 heteroatoms. The third-order valence-electron chi connectivity index (χ3n) is 2.57. The van der Waals surface area contributed by atoms with E-state index in [-0.39, 0.29) is 10.6 Å². The maximum atomic E-state index is 11.9. The highest BCUT2D eigenvalue weighted by molar-refractivity contribution is 7.90. The Hall–Kier alpha value is -2.63. The second-order valence-corrected chi connectivity index (χ2v) is 5.43. The first-order valence-electron chi connectivity index (χ1n) is 5.82. The van der Waals surface area contributed by atoms with E-state index < -0.39 is 10.0 Å². The Kier molecular flexibility index (Phi) is 4.37. The molecule has 2 aromatic rings. The largest absolute Gasteiger partial charge is 0.493 e. The lowest BCUT2D eigenvalue weighted by atomic mass is 10.3. The number of ether oxygens (including phenoxy) is 2. The summed E-state index contributed by atoms with van der Waals surface area (Å²) in [5.41, 5.74) is 0. The van der Waals surface area contributed by atoms with Crippen molar-refractivity contribution in [2.24, 2.45) is 4.40 Å². The Balaban J connectivity index is 2.49. The Bertz CT molecular complexity index is 795. The van der Waals surface area contributed by atoms with Gasteiger partial charge in [0.05, 0.1) is 7.11 Å². The van der Waals surface area contributed by atoms with Crippen LogP contribution in [0, 0.1) is 0 Å². The van der Waals surface area contributed by atoms with Gasteiger partial charge in [0.15, 0.2) is 11.5 Å². The van der Waals surface area contributed by atoms with E-state index >= 15 is 0 Å². The van der Waals surface area contributed by atoms with E-state index in [1.165, 1.54) is 25.3 Å². The van der Waals surface area contributed by atoms with Gasteiger partial charge in [0.1, 0.15) is 10.6 Å². The van der Waals surface area contributed by atoms with Gasteiger partial charge in [-0.05, 0) is 24.3 Å². The first-order valence-corrected chi connectivity index (χ1v) is 7.26. The standard InChI is InChI=1S/C14H11NO5S/c1-19-11-6-2-3-7-12(11)20-13-8-4-5-9-14(13)21(17,18)15-10-16/h2-9H,1H3. The molecule has 0 bridgehead atoms. The van der Waals surface area contributed by atoms with Crippen LogP contribution in [-0.4, -0.2) is 21.6 Å².